The molecule has 0 heterocycles. The largest absolute Gasteiger partial charge is 0.330 e. The number of nitriles is 1. The van der Waals surface area contributed by atoms with Crippen LogP contribution < -0.4 is 5.73 Å². The molecule has 0 unspecified atom stereocenters. The molecule has 0 aliphatic carbocycles. The lowest BCUT2D eigenvalue weighted by molar-refractivity contribution is 0.186. The molecule has 0 amide bonds. The monoisotopic (exact) mass is 197 g/mol. The van der Waals surface area contributed by atoms with E-state index in [1.165, 1.54) is 0 Å². The van der Waals surface area contributed by atoms with Crippen LogP contribution in [0.5, 0.6) is 0 Å². The fourth-order valence-corrected chi connectivity index (χ4v) is 1.46. The first kappa shape index (κ1) is 13.4. The van der Waals surface area contributed by atoms with Gasteiger partial charge < -0.3 is 10.6 Å². The molecular weight excluding hydrogens is 174 g/mol. The fraction of sp³-hybridized carbons (Fsp3) is 0.909. The molecule has 0 atom stereocenters. The van der Waals surface area contributed by atoms with E-state index in [1.807, 2.05) is 0 Å². The molecule has 0 spiro atoms. The Morgan fingerprint density at radius 1 is 1.36 bits per heavy atom. The van der Waals surface area contributed by atoms with Gasteiger partial charge in [0.05, 0.1) is 6.07 Å². The highest BCUT2D eigenvalue weighted by Gasteiger charge is 2.19. The van der Waals surface area contributed by atoms with Gasteiger partial charge in [-0.05, 0) is 24.9 Å². The summed E-state index contributed by atoms with van der Waals surface area (Å²) < 4.78 is 0. The van der Waals surface area contributed by atoms with Crippen LogP contribution >= 0.6 is 0 Å². The molecule has 0 fully saturated rings. The van der Waals surface area contributed by atoms with Crippen molar-refractivity contribution >= 4 is 0 Å². The highest BCUT2D eigenvalue weighted by atomic mass is 15.1. The highest BCUT2D eigenvalue weighted by molar-refractivity contribution is 4.78. The lowest BCUT2D eigenvalue weighted by atomic mass is 9.93. The van der Waals surface area contributed by atoms with E-state index in [-0.39, 0.29) is 5.41 Å². The minimum atomic E-state index is 0.157. The quantitative estimate of drug-likeness (QED) is 0.674. The summed E-state index contributed by atoms with van der Waals surface area (Å²) in [6.07, 6.45) is 1.74. The van der Waals surface area contributed by atoms with Crippen LogP contribution in [-0.4, -0.2) is 31.1 Å². The Labute approximate surface area is 87.9 Å². The molecule has 3 nitrogen and oxygen atoms in total. The zero-order chi connectivity index (χ0) is 11.0. The summed E-state index contributed by atoms with van der Waals surface area (Å²) in [5.74, 6) is 0. The van der Waals surface area contributed by atoms with Crippen LogP contribution in [0.2, 0.25) is 0 Å². The summed E-state index contributed by atoms with van der Waals surface area (Å²) in [6.45, 7) is 10.1. The van der Waals surface area contributed by atoms with Gasteiger partial charge in [0.25, 0.3) is 0 Å². The molecular formula is C11H23N3. The predicted octanol–water partition coefficient (Wildman–Crippen LogP) is 1.60. The van der Waals surface area contributed by atoms with Gasteiger partial charge >= 0.3 is 0 Å². The lowest BCUT2D eigenvalue weighted by Gasteiger charge is -2.31. The summed E-state index contributed by atoms with van der Waals surface area (Å²) in [6, 6.07) is 2.19. The SMILES string of the molecule is CCCN(CCC#N)CC(C)(C)CN. The van der Waals surface area contributed by atoms with E-state index < -0.39 is 0 Å². The Morgan fingerprint density at radius 3 is 2.43 bits per heavy atom. The molecule has 0 saturated carbocycles. The first-order chi connectivity index (χ1) is 6.55. The van der Waals surface area contributed by atoms with Gasteiger partial charge in [0.2, 0.25) is 0 Å². The second-order valence-corrected chi connectivity index (χ2v) is 4.55. The second-order valence-electron chi connectivity index (χ2n) is 4.55. The van der Waals surface area contributed by atoms with Crippen molar-refractivity contribution in [3.63, 3.8) is 0 Å². The number of nitrogens with two attached hydrogens (primary N) is 1. The van der Waals surface area contributed by atoms with E-state index in [0.29, 0.717) is 13.0 Å². The van der Waals surface area contributed by atoms with Gasteiger partial charge in [-0.15, -0.1) is 0 Å². The molecule has 0 bridgehead atoms. The molecule has 14 heavy (non-hydrogen) atoms. The molecule has 0 radical (unpaired) electrons. The van der Waals surface area contributed by atoms with Crippen molar-refractivity contribution in [2.45, 2.75) is 33.6 Å². The van der Waals surface area contributed by atoms with Crippen molar-refractivity contribution in [3.8, 4) is 6.07 Å². The normalized spacial score (nSPS) is 11.7. The molecule has 0 aromatic rings. The molecule has 0 aliphatic heterocycles. The Bertz CT molecular complexity index is 181. The first-order valence-corrected chi connectivity index (χ1v) is 5.35. The summed E-state index contributed by atoms with van der Waals surface area (Å²) in [5.41, 5.74) is 5.85. The summed E-state index contributed by atoms with van der Waals surface area (Å²) in [4.78, 5) is 2.33. The van der Waals surface area contributed by atoms with E-state index in [1.54, 1.807) is 0 Å². The molecule has 82 valence electrons. The van der Waals surface area contributed by atoms with Crippen molar-refractivity contribution < 1.29 is 0 Å². The Balaban J connectivity index is 4.02. The van der Waals surface area contributed by atoms with Crippen LogP contribution in [-0.2, 0) is 0 Å². The lowest BCUT2D eigenvalue weighted by Crippen LogP contribution is -2.39. The number of rotatable bonds is 7. The minimum absolute atomic E-state index is 0.157. The molecule has 0 rings (SSSR count). The van der Waals surface area contributed by atoms with Gasteiger partial charge in [0, 0.05) is 19.5 Å². The Kier molecular flexibility index (Phi) is 6.52. The van der Waals surface area contributed by atoms with Gasteiger partial charge in [-0.2, -0.15) is 5.26 Å². The van der Waals surface area contributed by atoms with Crippen molar-refractivity contribution in [1.82, 2.24) is 4.90 Å². The minimum Gasteiger partial charge on any atom is -0.330 e. The van der Waals surface area contributed by atoms with Crippen LogP contribution in [0.4, 0.5) is 0 Å². The van der Waals surface area contributed by atoms with Gasteiger partial charge in [0.1, 0.15) is 0 Å². The number of nitrogens with zero attached hydrogens (tertiary/aromatic N) is 2. The molecule has 0 aromatic carbocycles. The third-order valence-electron chi connectivity index (χ3n) is 2.28. The third-order valence-corrected chi connectivity index (χ3v) is 2.28. The summed E-state index contributed by atoms with van der Waals surface area (Å²) >= 11 is 0. The Morgan fingerprint density at radius 2 is 2.00 bits per heavy atom. The fourth-order valence-electron chi connectivity index (χ4n) is 1.46. The van der Waals surface area contributed by atoms with Crippen LogP contribution in [0.3, 0.4) is 0 Å². The molecule has 0 aromatic heterocycles. The maximum Gasteiger partial charge on any atom is 0.0635 e. The van der Waals surface area contributed by atoms with E-state index >= 15 is 0 Å². The predicted molar refractivity (Wildman–Crippen MR) is 59.8 cm³/mol. The van der Waals surface area contributed by atoms with E-state index in [9.17, 15) is 0 Å². The van der Waals surface area contributed by atoms with Crippen molar-refractivity contribution in [2.24, 2.45) is 11.1 Å². The van der Waals surface area contributed by atoms with Crippen molar-refractivity contribution in [2.75, 3.05) is 26.2 Å². The summed E-state index contributed by atoms with van der Waals surface area (Å²) in [5, 5.41) is 8.54. The van der Waals surface area contributed by atoms with E-state index in [2.05, 4.69) is 31.7 Å². The standard InChI is InChI=1S/C11H23N3/c1-4-7-14(8-5-6-12)10-11(2,3)9-13/h4-5,7-10,13H2,1-3H3. The Hall–Kier alpha value is -0.590. The second kappa shape index (κ2) is 6.80. The average molecular weight is 197 g/mol. The molecule has 0 aliphatic rings. The topological polar surface area (TPSA) is 53.0 Å². The van der Waals surface area contributed by atoms with Crippen LogP contribution in [0.25, 0.3) is 0 Å². The maximum atomic E-state index is 8.54. The zero-order valence-electron chi connectivity index (χ0n) is 9.71. The smallest absolute Gasteiger partial charge is 0.0635 e. The maximum absolute atomic E-state index is 8.54. The average Bonchev–Trinajstić information content (AvgIpc) is 2.14. The first-order valence-electron chi connectivity index (χ1n) is 5.35. The number of hydrogen-bond acceptors (Lipinski definition) is 3. The summed E-state index contributed by atoms with van der Waals surface area (Å²) in [7, 11) is 0. The van der Waals surface area contributed by atoms with Crippen molar-refractivity contribution in [3.05, 3.63) is 0 Å². The van der Waals surface area contributed by atoms with Crippen LogP contribution in [0, 0.1) is 16.7 Å². The number of hydrogen-bond donors (Lipinski definition) is 1. The zero-order valence-corrected chi connectivity index (χ0v) is 9.71. The molecule has 0 saturated heterocycles. The van der Waals surface area contributed by atoms with Crippen molar-refractivity contribution in [1.29, 1.82) is 5.26 Å². The third kappa shape index (κ3) is 5.95. The van der Waals surface area contributed by atoms with Crippen LogP contribution in [0.15, 0.2) is 0 Å². The van der Waals surface area contributed by atoms with Gasteiger partial charge in [-0.1, -0.05) is 20.8 Å². The van der Waals surface area contributed by atoms with Gasteiger partial charge in [0.15, 0.2) is 0 Å². The molecule has 3 heteroatoms. The van der Waals surface area contributed by atoms with Gasteiger partial charge in [-0.3, -0.25) is 0 Å². The highest BCUT2D eigenvalue weighted by Crippen LogP contribution is 2.15. The van der Waals surface area contributed by atoms with Gasteiger partial charge in [-0.25, -0.2) is 0 Å². The molecule has 2 N–H and O–H groups in total. The van der Waals surface area contributed by atoms with E-state index in [4.69, 9.17) is 11.0 Å². The van der Waals surface area contributed by atoms with E-state index in [0.717, 1.165) is 26.1 Å². The van der Waals surface area contributed by atoms with Crippen LogP contribution in [0.1, 0.15) is 33.6 Å².